The lowest BCUT2D eigenvalue weighted by Crippen LogP contribution is -2.04. The van der Waals surface area contributed by atoms with E-state index in [1.807, 2.05) is 28.8 Å². The van der Waals surface area contributed by atoms with E-state index in [9.17, 15) is 4.79 Å². The molecule has 274 valence electrons. The molecule has 11 rings (SSSR count). The molecule has 0 amide bonds. The number of nitrogens with zero attached hydrogens (tertiary/aromatic N) is 5. The molecule has 6 heteroatoms. The third-order valence-corrected chi connectivity index (χ3v) is 11.2. The lowest BCUT2D eigenvalue weighted by atomic mass is 9.99. The normalized spacial score (nSPS) is 11.6. The number of aromatic nitrogens is 5. The summed E-state index contributed by atoms with van der Waals surface area (Å²) >= 11 is 0. The maximum atomic E-state index is 13.1. The zero-order valence-corrected chi connectivity index (χ0v) is 31.6. The van der Waals surface area contributed by atoms with E-state index in [1.165, 1.54) is 0 Å². The zero-order valence-electron chi connectivity index (χ0n) is 31.6. The molecule has 0 atom stereocenters. The highest BCUT2D eigenvalue weighted by Crippen LogP contribution is 2.37. The predicted octanol–water partition coefficient (Wildman–Crippen LogP) is 12.8. The molecule has 0 spiro atoms. The SMILES string of the molecule is CC(=O)n1c2ccc(-c3ccc(-c4nc5ccccc5n4-c4ccccc4)cc3)cc2c2cc(-c3ccc(-c4nc5ccccc5n4-c4ccccc4)cc3)ccc21. The van der Waals surface area contributed by atoms with Gasteiger partial charge < -0.3 is 0 Å². The van der Waals surface area contributed by atoms with Crippen molar-refractivity contribution in [3.63, 3.8) is 0 Å². The summed E-state index contributed by atoms with van der Waals surface area (Å²) in [7, 11) is 0. The minimum Gasteiger partial charge on any atom is -0.292 e. The molecule has 3 aromatic heterocycles. The third kappa shape index (κ3) is 5.46. The fourth-order valence-corrected chi connectivity index (χ4v) is 8.46. The molecule has 0 aliphatic heterocycles. The average Bonchev–Trinajstić information content (AvgIpc) is 3.97. The number of rotatable bonds is 6. The molecular formula is C52H35N5O. The van der Waals surface area contributed by atoms with Crippen LogP contribution in [0, 0.1) is 0 Å². The molecule has 0 aliphatic carbocycles. The summed E-state index contributed by atoms with van der Waals surface area (Å²) in [6, 6.07) is 67.3. The molecule has 0 saturated heterocycles. The first-order chi connectivity index (χ1) is 28.6. The van der Waals surface area contributed by atoms with Gasteiger partial charge in [0.05, 0.1) is 33.1 Å². The van der Waals surface area contributed by atoms with Crippen molar-refractivity contribution in [2.24, 2.45) is 0 Å². The number of para-hydroxylation sites is 6. The highest BCUT2D eigenvalue weighted by Gasteiger charge is 2.18. The molecule has 0 unspecified atom stereocenters. The Morgan fingerprint density at radius 2 is 0.741 bits per heavy atom. The van der Waals surface area contributed by atoms with Gasteiger partial charge in [0.2, 0.25) is 5.91 Å². The van der Waals surface area contributed by atoms with Crippen molar-refractivity contribution in [1.82, 2.24) is 23.7 Å². The average molecular weight is 746 g/mol. The molecule has 3 heterocycles. The van der Waals surface area contributed by atoms with Gasteiger partial charge >= 0.3 is 0 Å². The molecule has 0 bridgehead atoms. The lowest BCUT2D eigenvalue weighted by molar-refractivity contribution is 0.0946. The number of hydrogen-bond acceptors (Lipinski definition) is 3. The Morgan fingerprint density at radius 3 is 1.16 bits per heavy atom. The number of hydrogen-bond donors (Lipinski definition) is 0. The fourth-order valence-electron chi connectivity index (χ4n) is 8.46. The fraction of sp³-hybridized carbons (Fsp3) is 0.0192. The van der Waals surface area contributed by atoms with Crippen molar-refractivity contribution >= 4 is 49.8 Å². The van der Waals surface area contributed by atoms with Crippen molar-refractivity contribution in [2.75, 3.05) is 0 Å². The van der Waals surface area contributed by atoms with Crippen LogP contribution in [0.15, 0.2) is 194 Å². The van der Waals surface area contributed by atoms with Crippen LogP contribution in [0.2, 0.25) is 0 Å². The number of carbonyl (C=O) groups excluding carboxylic acids is 1. The summed E-state index contributed by atoms with van der Waals surface area (Å²) in [5, 5.41) is 2.07. The standard InChI is InChI=1S/C52H35N5O/c1-34(58)55-47-30-28-39(35-20-24-37(25-21-35)51-53-45-16-8-10-18-49(45)56(51)41-12-4-2-5-13-41)32-43(47)44-33-40(29-31-48(44)55)36-22-26-38(27-23-36)52-54-46-17-9-11-19-50(46)57(52)42-14-6-3-7-15-42/h2-33H,1H3. The van der Waals surface area contributed by atoms with Crippen LogP contribution in [0.25, 0.3) is 100 Å². The van der Waals surface area contributed by atoms with Gasteiger partial charge in [0.15, 0.2) is 0 Å². The Kier molecular flexibility index (Phi) is 7.76. The summed E-state index contributed by atoms with van der Waals surface area (Å²) in [5.74, 6) is 1.78. The molecule has 8 aromatic carbocycles. The van der Waals surface area contributed by atoms with E-state index < -0.39 is 0 Å². The van der Waals surface area contributed by atoms with E-state index in [4.69, 9.17) is 9.97 Å². The van der Waals surface area contributed by atoms with E-state index in [1.54, 1.807) is 6.92 Å². The monoisotopic (exact) mass is 745 g/mol. The van der Waals surface area contributed by atoms with Crippen molar-refractivity contribution < 1.29 is 4.79 Å². The maximum Gasteiger partial charge on any atom is 0.228 e. The van der Waals surface area contributed by atoms with E-state index in [-0.39, 0.29) is 5.91 Å². The van der Waals surface area contributed by atoms with Gasteiger partial charge in [-0.25, -0.2) is 9.97 Å². The summed E-state index contributed by atoms with van der Waals surface area (Å²) in [4.78, 5) is 23.2. The zero-order chi connectivity index (χ0) is 38.7. The summed E-state index contributed by atoms with van der Waals surface area (Å²) < 4.78 is 6.27. The smallest absolute Gasteiger partial charge is 0.228 e. The van der Waals surface area contributed by atoms with Crippen molar-refractivity contribution in [3.8, 4) is 56.4 Å². The Morgan fingerprint density at radius 1 is 0.379 bits per heavy atom. The quantitative estimate of drug-likeness (QED) is 0.170. The molecular weight excluding hydrogens is 711 g/mol. The Labute approximate surface area is 334 Å². The van der Waals surface area contributed by atoms with E-state index in [0.29, 0.717) is 0 Å². The largest absolute Gasteiger partial charge is 0.292 e. The molecule has 6 nitrogen and oxygen atoms in total. The van der Waals surface area contributed by atoms with Crippen LogP contribution in [0.3, 0.4) is 0 Å². The van der Waals surface area contributed by atoms with E-state index in [0.717, 1.165) is 100 Å². The molecule has 11 aromatic rings. The van der Waals surface area contributed by atoms with Crippen LogP contribution in [-0.4, -0.2) is 29.6 Å². The first kappa shape index (κ1) is 33.5. The molecule has 0 N–H and O–H groups in total. The number of benzene rings is 8. The first-order valence-corrected chi connectivity index (χ1v) is 19.5. The highest BCUT2D eigenvalue weighted by atomic mass is 16.1. The van der Waals surface area contributed by atoms with Gasteiger partial charge in [-0.3, -0.25) is 18.5 Å². The molecule has 58 heavy (non-hydrogen) atoms. The van der Waals surface area contributed by atoms with E-state index in [2.05, 4.69) is 179 Å². The molecule has 0 radical (unpaired) electrons. The van der Waals surface area contributed by atoms with Gasteiger partial charge in [0.25, 0.3) is 0 Å². The molecule has 0 fully saturated rings. The second kappa shape index (κ2) is 13.4. The Hall–Kier alpha value is -7.83. The predicted molar refractivity (Wildman–Crippen MR) is 237 cm³/mol. The van der Waals surface area contributed by atoms with Crippen molar-refractivity contribution in [2.45, 2.75) is 6.92 Å². The Bertz CT molecular complexity index is 3120. The van der Waals surface area contributed by atoms with Crippen LogP contribution in [-0.2, 0) is 0 Å². The lowest BCUT2D eigenvalue weighted by Gasteiger charge is -2.10. The van der Waals surface area contributed by atoms with Crippen LogP contribution >= 0.6 is 0 Å². The van der Waals surface area contributed by atoms with Crippen LogP contribution < -0.4 is 0 Å². The van der Waals surface area contributed by atoms with Crippen LogP contribution in [0.1, 0.15) is 11.7 Å². The number of fused-ring (bicyclic) bond motifs is 5. The molecule has 0 saturated carbocycles. The highest BCUT2D eigenvalue weighted by molar-refractivity contribution is 6.15. The maximum absolute atomic E-state index is 13.1. The minimum absolute atomic E-state index is 0.0168. The van der Waals surface area contributed by atoms with E-state index >= 15 is 0 Å². The van der Waals surface area contributed by atoms with Gasteiger partial charge in [-0.05, 0) is 95.1 Å². The summed E-state index contributed by atoms with van der Waals surface area (Å²) in [6.07, 6.45) is 0. The van der Waals surface area contributed by atoms with Gasteiger partial charge in [0, 0.05) is 40.2 Å². The number of carbonyl (C=O) groups is 1. The van der Waals surface area contributed by atoms with Crippen molar-refractivity contribution in [1.29, 1.82) is 0 Å². The second-order valence-corrected chi connectivity index (χ2v) is 14.7. The third-order valence-electron chi connectivity index (χ3n) is 11.2. The van der Waals surface area contributed by atoms with Crippen LogP contribution in [0.4, 0.5) is 0 Å². The van der Waals surface area contributed by atoms with Crippen molar-refractivity contribution in [3.05, 3.63) is 194 Å². The minimum atomic E-state index is -0.0168. The second-order valence-electron chi connectivity index (χ2n) is 14.7. The van der Waals surface area contributed by atoms with Gasteiger partial charge in [-0.1, -0.05) is 121 Å². The first-order valence-electron chi connectivity index (χ1n) is 19.5. The summed E-state index contributed by atoms with van der Waals surface area (Å²) in [6.45, 7) is 1.63. The molecule has 0 aliphatic rings. The topological polar surface area (TPSA) is 57.6 Å². The number of imidazole rings is 2. The summed E-state index contributed by atoms with van der Waals surface area (Å²) in [5.41, 5.74) is 14.4. The van der Waals surface area contributed by atoms with Gasteiger partial charge in [0.1, 0.15) is 11.6 Å². The van der Waals surface area contributed by atoms with Gasteiger partial charge in [-0.15, -0.1) is 0 Å². The Balaban J connectivity index is 0.971. The van der Waals surface area contributed by atoms with Crippen LogP contribution in [0.5, 0.6) is 0 Å². The van der Waals surface area contributed by atoms with Gasteiger partial charge in [-0.2, -0.15) is 0 Å².